The van der Waals surface area contributed by atoms with Gasteiger partial charge in [0.05, 0.1) is 41.7 Å². The fourth-order valence-electron chi connectivity index (χ4n) is 7.89. The molecule has 5 aromatic carbocycles. The number of aliphatic imine (C=N–C) groups is 1. The molecule has 2 atom stereocenters. The summed E-state index contributed by atoms with van der Waals surface area (Å²) in [5, 5.41) is 3.48. The third-order valence-electron chi connectivity index (χ3n) is 10.4. The molecule has 0 fully saturated rings. The summed E-state index contributed by atoms with van der Waals surface area (Å²) in [6.07, 6.45) is 3.41. The van der Waals surface area contributed by atoms with Gasteiger partial charge in [-0.1, -0.05) is 36.4 Å². The molecule has 5 aromatic rings. The van der Waals surface area contributed by atoms with E-state index in [1.54, 1.807) is 13.2 Å². The second-order valence-electron chi connectivity index (χ2n) is 13.7. The highest BCUT2D eigenvalue weighted by Gasteiger charge is 2.38. The number of hydrogen-bond donors (Lipinski definition) is 2. The number of fused-ring (bicyclic) bond motifs is 8. The highest BCUT2D eigenvalue weighted by Crippen LogP contribution is 2.41. The predicted octanol–water partition coefficient (Wildman–Crippen LogP) is 7.03. The van der Waals surface area contributed by atoms with Gasteiger partial charge in [0, 0.05) is 48.4 Å². The van der Waals surface area contributed by atoms with E-state index in [1.165, 1.54) is 5.56 Å². The molecule has 0 aromatic heterocycles. The summed E-state index contributed by atoms with van der Waals surface area (Å²) >= 11 is 0. The number of nitrogen functional groups attached to an aromatic ring is 1. The summed E-state index contributed by atoms with van der Waals surface area (Å²) in [7, 11) is 1.57. The van der Waals surface area contributed by atoms with Crippen LogP contribution in [0.15, 0.2) is 96.0 Å². The quantitative estimate of drug-likeness (QED) is 0.176. The van der Waals surface area contributed by atoms with Crippen LogP contribution in [0.1, 0.15) is 48.5 Å². The van der Waals surface area contributed by atoms with Crippen molar-refractivity contribution in [1.29, 1.82) is 0 Å². The van der Waals surface area contributed by atoms with Gasteiger partial charge in [-0.25, -0.2) is 0 Å². The Kier molecular flexibility index (Phi) is 7.61. The van der Waals surface area contributed by atoms with Crippen LogP contribution >= 0.6 is 0 Å². The maximum atomic E-state index is 13.8. The lowest BCUT2D eigenvalue weighted by molar-refractivity contribution is 0.0977. The number of anilines is 4. The number of benzene rings is 5. The van der Waals surface area contributed by atoms with Gasteiger partial charge in [0.15, 0.2) is 11.5 Å². The highest BCUT2D eigenvalue weighted by atomic mass is 16.5. The molecular weight excluding hydrogens is 654 g/mol. The summed E-state index contributed by atoms with van der Waals surface area (Å²) in [5.74, 6) is 1.51. The van der Waals surface area contributed by atoms with Crippen LogP contribution in [0.3, 0.4) is 0 Å². The lowest BCUT2D eigenvalue weighted by Gasteiger charge is -2.22. The smallest absolute Gasteiger partial charge is 0.261 e. The fourth-order valence-corrected chi connectivity index (χ4v) is 7.89. The number of methoxy groups -OCH3 is 1. The zero-order chi connectivity index (χ0) is 35.5. The molecule has 2 amide bonds. The van der Waals surface area contributed by atoms with Crippen molar-refractivity contribution in [2.75, 3.05) is 34.5 Å². The molecule has 10 heteroatoms. The van der Waals surface area contributed by atoms with Crippen LogP contribution in [0.25, 0.3) is 0 Å². The van der Waals surface area contributed by atoms with Crippen LogP contribution in [-0.2, 0) is 26.1 Å². The van der Waals surface area contributed by atoms with Crippen molar-refractivity contribution in [3.05, 3.63) is 130 Å². The minimum atomic E-state index is -0.115. The molecule has 0 spiro atoms. The topological polar surface area (TPSA) is 119 Å². The van der Waals surface area contributed by atoms with Crippen LogP contribution in [0.4, 0.5) is 28.4 Å². The van der Waals surface area contributed by atoms with E-state index in [1.807, 2.05) is 95.7 Å². The SMILES string of the molecule is COc1cc2c(cc1OCc1cc(N)cc(COc3cc4c(cc3C)C(=O)N3c5ccccc5C[C@H]3C=N4)c1)NC[C@@H]1Cc3ccccc3N1C2=O. The number of carbonyl (C=O) groups excluding carboxylic acids is 2. The molecular formula is C42H37N5O5. The minimum absolute atomic E-state index is 0.0290. The average molecular weight is 692 g/mol. The number of hydrogen-bond acceptors (Lipinski definition) is 8. The first kappa shape index (κ1) is 31.7. The first-order valence-corrected chi connectivity index (χ1v) is 17.5. The van der Waals surface area contributed by atoms with E-state index < -0.39 is 0 Å². The third-order valence-corrected chi connectivity index (χ3v) is 10.4. The Bertz CT molecular complexity index is 2320. The van der Waals surface area contributed by atoms with Crippen molar-refractivity contribution in [3.63, 3.8) is 0 Å². The number of rotatable bonds is 7. The number of nitrogens with one attached hydrogen (secondary N) is 1. The molecule has 0 saturated heterocycles. The molecule has 10 nitrogen and oxygen atoms in total. The van der Waals surface area contributed by atoms with E-state index in [0.717, 1.165) is 46.5 Å². The zero-order valence-corrected chi connectivity index (χ0v) is 28.9. The maximum absolute atomic E-state index is 13.8. The number of nitrogens with two attached hydrogens (primary N) is 1. The summed E-state index contributed by atoms with van der Waals surface area (Å²) in [6, 6.07) is 29.0. The van der Waals surface area contributed by atoms with Crippen molar-refractivity contribution in [2.24, 2.45) is 4.99 Å². The van der Waals surface area contributed by atoms with Gasteiger partial charge in [-0.2, -0.15) is 0 Å². The van der Waals surface area contributed by atoms with Gasteiger partial charge in [-0.05, 0) is 83.6 Å². The second-order valence-corrected chi connectivity index (χ2v) is 13.7. The van der Waals surface area contributed by atoms with Crippen LogP contribution in [0.5, 0.6) is 17.2 Å². The van der Waals surface area contributed by atoms with Gasteiger partial charge >= 0.3 is 0 Å². The third kappa shape index (κ3) is 5.38. The summed E-state index contributed by atoms with van der Waals surface area (Å²) in [4.78, 5) is 36.0. The van der Waals surface area contributed by atoms with Gasteiger partial charge in [0.2, 0.25) is 0 Å². The monoisotopic (exact) mass is 691 g/mol. The van der Waals surface area contributed by atoms with Gasteiger partial charge in [0.25, 0.3) is 11.8 Å². The molecule has 260 valence electrons. The normalized spacial score (nSPS) is 17.9. The lowest BCUT2D eigenvalue weighted by atomic mass is 10.1. The van der Waals surface area contributed by atoms with Crippen LogP contribution in [-0.4, -0.2) is 43.8 Å². The van der Waals surface area contributed by atoms with E-state index in [9.17, 15) is 9.59 Å². The standard InChI is InChI=1S/C42H37N5O5/c1-24-11-32-34(44-20-30-15-27-7-3-5-9-36(27)46(30)41(32)48)18-38(24)51-22-25-12-26(14-29(43)13-25)23-52-40-19-35-33(17-39(40)50-2)42(49)47-31(21-45-35)16-28-8-4-6-10-37(28)47/h3-14,17-20,30-31,45H,15-16,21-23,43H2,1-2H3/t30-,31-/m0/s1. The molecule has 0 bridgehead atoms. The van der Waals surface area contributed by atoms with Crippen molar-refractivity contribution in [3.8, 4) is 17.2 Å². The molecule has 0 saturated carbocycles. The van der Waals surface area contributed by atoms with Crippen LogP contribution in [0, 0.1) is 6.92 Å². The number of aryl methyl sites for hydroxylation is 1. The number of amides is 2. The van der Waals surface area contributed by atoms with Crippen molar-refractivity contribution < 1.29 is 23.8 Å². The fraction of sp³-hybridized carbons (Fsp3) is 0.214. The largest absolute Gasteiger partial charge is 0.493 e. The zero-order valence-electron chi connectivity index (χ0n) is 28.9. The van der Waals surface area contributed by atoms with Gasteiger partial charge in [-0.3, -0.25) is 19.5 Å². The first-order valence-electron chi connectivity index (χ1n) is 17.5. The molecule has 0 radical (unpaired) electrons. The number of nitrogens with zero attached hydrogens (tertiary/aromatic N) is 3. The van der Waals surface area contributed by atoms with E-state index in [2.05, 4.69) is 17.4 Å². The summed E-state index contributed by atoms with van der Waals surface area (Å²) < 4.78 is 18.3. The van der Waals surface area contributed by atoms with Gasteiger partial charge in [-0.15, -0.1) is 0 Å². The van der Waals surface area contributed by atoms with Gasteiger partial charge < -0.3 is 30.2 Å². The molecule has 4 aliphatic heterocycles. The number of carbonyl (C=O) groups is 2. The Hall–Kier alpha value is -6.29. The van der Waals surface area contributed by atoms with E-state index in [0.29, 0.717) is 52.0 Å². The Morgan fingerprint density at radius 1 is 0.769 bits per heavy atom. The number of ether oxygens (including phenoxy) is 3. The summed E-state index contributed by atoms with van der Waals surface area (Å²) in [6.45, 7) is 3.04. The molecule has 52 heavy (non-hydrogen) atoms. The Labute approximate surface area is 301 Å². The number of para-hydroxylation sites is 2. The predicted molar refractivity (Wildman–Crippen MR) is 202 cm³/mol. The van der Waals surface area contributed by atoms with Crippen molar-refractivity contribution >= 4 is 46.5 Å². The van der Waals surface area contributed by atoms with Crippen molar-refractivity contribution in [2.45, 2.75) is 45.1 Å². The lowest BCUT2D eigenvalue weighted by Crippen LogP contribution is -2.39. The van der Waals surface area contributed by atoms with E-state index in [4.69, 9.17) is 24.9 Å². The Morgan fingerprint density at radius 3 is 2.19 bits per heavy atom. The molecule has 0 aliphatic carbocycles. The molecule has 9 rings (SSSR count). The van der Waals surface area contributed by atoms with Crippen LogP contribution < -0.4 is 35.1 Å². The van der Waals surface area contributed by atoms with E-state index in [-0.39, 0.29) is 37.1 Å². The molecule has 0 unspecified atom stereocenters. The Morgan fingerprint density at radius 2 is 1.44 bits per heavy atom. The molecule has 4 heterocycles. The highest BCUT2D eigenvalue weighted by molar-refractivity contribution is 6.15. The van der Waals surface area contributed by atoms with Crippen LogP contribution in [0.2, 0.25) is 0 Å². The Balaban J connectivity index is 0.909. The van der Waals surface area contributed by atoms with Gasteiger partial charge in [0.1, 0.15) is 19.0 Å². The molecule has 4 aliphatic rings. The summed E-state index contributed by atoms with van der Waals surface area (Å²) in [5.41, 5.74) is 16.1. The first-order chi connectivity index (χ1) is 25.3. The molecule has 3 N–H and O–H groups in total. The van der Waals surface area contributed by atoms with Crippen molar-refractivity contribution in [1.82, 2.24) is 0 Å². The average Bonchev–Trinajstić information content (AvgIpc) is 3.64. The minimum Gasteiger partial charge on any atom is -0.493 e. The van der Waals surface area contributed by atoms with E-state index >= 15 is 0 Å². The second kappa shape index (κ2) is 12.5. The maximum Gasteiger partial charge on any atom is 0.261 e.